The Labute approximate surface area is 616 Å². The molecule has 570 valence electrons. The maximum absolute atomic E-state index is 13.9. The Morgan fingerprint density at radius 3 is 0.782 bits per heavy atom. The lowest BCUT2D eigenvalue weighted by Gasteiger charge is -2.15. The molecule has 0 bridgehead atoms. The van der Waals surface area contributed by atoms with Gasteiger partial charge in [-0.1, -0.05) is 380 Å². The zero-order chi connectivity index (χ0) is 71.9. The number of nitro groups is 1. The van der Waals surface area contributed by atoms with Gasteiger partial charge in [0.25, 0.3) is 0 Å². The Hall–Kier alpha value is -5.58. The Bertz CT molecular complexity index is 2650. The van der Waals surface area contributed by atoms with Crippen LogP contribution in [-0.2, 0) is 0 Å². The van der Waals surface area contributed by atoms with Gasteiger partial charge in [-0.2, -0.15) is 0 Å². The summed E-state index contributed by atoms with van der Waals surface area (Å²) in [5, 5.41) is 12.6. The second kappa shape index (κ2) is 61.9. The van der Waals surface area contributed by atoms with Crippen molar-refractivity contribution in [3.8, 4) is 45.6 Å². The molecule has 0 atom stereocenters. The van der Waals surface area contributed by atoms with Crippen molar-refractivity contribution in [3.63, 3.8) is 0 Å². The van der Waals surface area contributed by atoms with Crippen LogP contribution in [0, 0.1) is 10.1 Å². The molecular formula is C90H145NO10. The molecule has 0 fully saturated rings. The molecule has 0 aromatic heterocycles. The standard InChI is InChI=1S/C90H145NO10/c1-5-9-13-17-21-25-29-33-37-41-45-49-53-57-71-96-85-69-64-80(76-87(85)98-73-59-55-51-47-43-39-35-31-27-23-19-15-11-7-3)89(92)100-82-66-61-78(62-67-82)79-63-68-84(83(75-79)91(94)95)101-90(93)81-65-70-86(97-72-58-54-50-46-42-38-34-30-26-22-18-14-10-6-2)88(77-81)99-74-60-56-52-48-44-40-36-32-28-24-20-16-12-8-4/h61-70,75-77H,5-60,71-74H2,1-4H3. The molecule has 4 rings (SSSR count). The van der Waals surface area contributed by atoms with Crippen molar-refractivity contribution in [1.82, 2.24) is 0 Å². The molecule has 11 heteroatoms. The van der Waals surface area contributed by atoms with Gasteiger partial charge in [0.15, 0.2) is 23.0 Å². The van der Waals surface area contributed by atoms with E-state index in [1.165, 1.54) is 314 Å². The average molecular weight is 1400 g/mol. The number of unbranched alkanes of at least 4 members (excludes halogenated alkanes) is 52. The number of rotatable bonds is 70. The minimum atomic E-state index is -0.738. The van der Waals surface area contributed by atoms with Gasteiger partial charge in [0.2, 0.25) is 5.75 Å². The van der Waals surface area contributed by atoms with Crippen LogP contribution in [0.4, 0.5) is 5.69 Å². The van der Waals surface area contributed by atoms with Crippen LogP contribution in [-0.4, -0.2) is 43.3 Å². The van der Waals surface area contributed by atoms with Gasteiger partial charge in [0, 0.05) is 6.07 Å². The first-order chi connectivity index (χ1) is 49.8. The fourth-order valence-electron chi connectivity index (χ4n) is 13.6. The molecule has 4 aromatic carbocycles. The predicted molar refractivity (Wildman–Crippen MR) is 425 cm³/mol. The predicted octanol–water partition coefficient (Wildman–Crippen LogP) is 29.1. The second-order valence-electron chi connectivity index (χ2n) is 29.3. The second-order valence-corrected chi connectivity index (χ2v) is 29.3. The number of ether oxygens (including phenoxy) is 6. The van der Waals surface area contributed by atoms with Gasteiger partial charge in [0.1, 0.15) is 5.75 Å². The van der Waals surface area contributed by atoms with E-state index in [1.807, 2.05) is 6.07 Å². The summed E-state index contributed by atoms with van der Waals surface area (Å²) in [6, 6.07) is 21.7. The number of esters is 2. The van der Waals surface area contributed by atoms with Gasteiger partial charge >= 0.3 is 17.6 Å². The zero-order valence-corrected chi connectivity index (χ0v) is 65.0. The fraction of sp³-hybridized carbons (Fsp3) is 0.711. The van der Waals surface area contributed by atoms with Crippen LogP contribution in [0.1, 0.15) is 408 Å². The number of nitro benzene ring substituents is 1. The highest BCUT2D eigenvalue weighted by atomic mass is 16.6. The summed E-state index contributed by atoms with van der Waals surface area (Å²) in [6.07, 6.45) is 71.9. The molecule has 0 aliphatic carbocycles. The summed E-state index contributed by atoms with van der Waals surface area (Å²) in [5.74, 6) is 1.09. The molecule has 0 N–H and O–H groups in total. The monoisotopic (exact) mass is 1400 g/mol. The highest BCUT2D eigenvalue weighted by Crippen LogP contribution is 2.36. The summed E-state index contributed by atoms with van der Waals surface area (Å²) in [7, 11) is 0. The van der Waals surface area contributed by atoms with Crippen molar-refractivity contribution in [3.05, 3.63) is 100 Å². The Morgan fingerprint density at radius 1 is 0.267 bits per heavy atom. The van der Waals surface area contributed by atoms with Crippen molar-refractivity contribution >= 4 is 17.6 Å². The van der Waals surface area contributed by atoms with Gasteiger partial charge in [-0.3, -0.25) is 10.1 Å². The van der Waals surface area contributed by atoms with Crippen LogP contribution in [0.2, 0.25) is 0 Å². The van der Waals surface area contributed by atoms with Crippen molar-refractivity contribution in [1.29, 1.82) is 0 Å². The first-order valence-corrected chi connectivity index (χ1v) is 42.4. The molecule has 11 nitrogen and oxygen atoms in total. The van der Waals surface area contributed by atoms with Gasteiger partial charge < -0.3 is 28.4 Å². The van der Waals surface area contributed by atoms with E-state index in [4.69, 9.17) is 28.4 Å². The topological polar surface area (TPSA) is 133 Å². The van der Waals surface area contributed by atoms with Gasteiger partial charge in [-0.15, -0.1) is 0 Å². The van der Waals surface area contributed by atoms with Crippen LogP contribution in [0.3, 0.4) is 0 Å². The third-order valence-corrected chi connectivity index (χ3v) is 20.1. The minimum Gasteiger partial charge on any atom is -0.490 e. The minimum absolute atomic E-state index is 0.175. The number of carbonyl (C=O) groups excluding carboxylic acids is 2. The van der Waals surface area contributed by atoms with Crippen LogP contribution in [0.5, 0.6) is 34.5 Å². The van der Waals surface area contributed by atoms with E-state index in [2.05, 4.69) is 27.7 Å². The number of nitrogens with zero attached hydrogens (tertiary/aromatic N) is 1. The van der Waals surface area contributed by atoms with E-state index >= 15 is 0 Å². The average Bonchev–Trinajstić information content (AvgIpc) is 0.820. The summed E-state index contributed by atoms with van der Waals surface area (Å²) in [6.45, 7) is 11.3. The summed E-state index contributed by atoms with van der Waals surface area (Å²) in [5.41, 5.74) is 1.37. The van der Waals surface area contributed by atoms with Gasteiger partial charge in [-0.25, -0.2) is 9.59 Å². The fourth-order valence-corrected chi connectivity index (χ4v) is 13.6. The Kier molecular flexibility index (Phi) is 53.8. The molecule has 0 aliphatic rings. The van der Waals surface area contributed by atoms with Gasteiger partial charge in [0.05, 0.1) is 42.5 Å². The van der Waals surface area contributed by atoms with Crippen LogP contribution in [0.25, 0.3) is 11.1 Å². The highest BCUT2D eigenvalue weighted by Gasteiger charge is 2.23. The molecule has 0 saturated carbocycles. The maximum atomic E-state index is 13.9. The maximum Gasteiger partial charge on any atom is 0.343 e. The molecule has 0 amide bonds. The van der Waals surface area contributed by atoms with E-state index < -0.39 is 16.9 Å². The summed E-state index contributed by atoms with van der Waals surface area (Å²) < 4.78 is 37.1. The molecule has 0 aliphatic heterocycles. The number of benzene rings is 4. The van der Waals surface area contributed by atoms with E-state index in [9.17, 15) is 19.7 Å². The first-order valence-electron chi connectivity index (χ1n) is 42.4. The number of carbonyl (C=O) groups is 2. The van der Waals surface area contributed by atoms with Crippen LogP contribution in [0.15, 0.2) is 78.9 Å². The quantitative estimate of drug-likeness (QED) is 0.0138. The third kappa shape index (κ3) is 44.0. The molecular weight excluding hydrogens is 1250 g/mol. The smallest absolute Gasteiger partial charge is 0.343 e. The first kappa shape index (κ1) is 87.8. The van der Waals surface area contributed by atoms with E-state index in [0.29, 0.717) is 71.9 Å². The molecule has 4 aromatic rings. The van der Waals surface area contributed by atoms with Crippen molar-refractivity contribution in [2.75, 3.05) is 26.4 Å². The molecule has 0 heterocycles. The lowest BCUT2D eigenvalue weighted by atomic mass is 10.0. The highest BCUT2D eigenvalue weighted by molar-refractivity contribution is 5.93. The number of hydrogen-bond acceptors (Lipinski definition) is 10. The Balaban J connectivity index is 1.32. The van der Waals surface area contributed by atoms with Crippen LogP contribution >= 0.6 is 0 Å². The molecule has 0 saturated heterocycles. The molecule has 101 heavy (non-hydrogen) atoms. The largest absolute Gasteiger partial charge is 0.490 e. The van der Waals surface area contributed by atoms with Crippen LogP contribution < -0.4 is 28.4 Å². The van der Waals surface area contributed by atoms with Crippen molar-refractivity contribution in [2.45, 2.75) is 387 Å². The zero-order valence-electron chi connectivity index (χ0n) is 65.0. The van der Waals surface area contributed by atoms with E-state index in [1.54, 1.807) is 60.7 Å². The normalized spacial score (nSPS) is 11.3. The van der Waals surface area contributed by atoms with Gasteiger partial charge in [-0.05, 0) is 91.4 Å². The summed E-state index contributed by atoms with van der Waals surface area (Å²) in [4.78, 5) is 39.7. The SMILES string of the molecule is CCCCCCCCCCCCCCCCOc1ccc(C(=O)Oc2ccc(-c3ccc(OC(=O)c4ccc(OCCCCCCCCCCCCCCCC)c(OCCCCCCCCCCCCCCCC)c4)c([N+](=O)[O-])c3)cc2)cc1OCCCCCCCCCCCCCCCC. The molecule has 0 unspecified atom stereocenters. The molecule has 0 radical (unpaired) electrons. The third-order valence-electron chi connectivity index (χ3n) is 20.1. The molecule has 0 spiro atoms. The lowest BCUT2D eigenvalue weighted by Crippen LogP contribution is -2.11. The van der Waals surface area contributed by atoms with Crippen molar-refractivity contribution < 1.29 is 42.9 Å². The van der Waals surface area contributed by atoms with E-state index in [0.717, 1.165) is 57.8 Å². The lowest BCUT2D eigenvalue weighted by molar-refractivity contribution is -0.385. The van der Waals surface area contributed by atoms with E-state index in [-0.39, 0.29) is 17.0 Å². The Morgan fingerprint density at radius 2 is 0.505 bits per heavy atom. The van der Waals surface area contributed by atoms with Crippen molar-refractivity contribution in [2.24, 2.45) is 0 Å². The number of hydrogen-bond donors (Lipinski definition) is 0. The summed E-state index contributed by atoms with van der Waals surface area (Å²) >= 11 is 0.